The molecular formula is C21H25N3O3. The summed E-state index contributed by atoms with van der Waals surface area (Å²) in [6.07, 6.45) is 2.56. The Morgan fingerprint density at radius 3 is 2.63 bits per heavy atom. The molecule has 0 bridgehead atoms. The third kappa shape index (κ3) is 4.39. The number of amides is 1. The van der Waals surface area contributed by atoms with E-state index >= 15 is 0 Å². The highest BCUT2D eigenvalue weighted by molar-refractivity contribution is 5.76. The molecule has 0 aliphatic heterocycles. The molecule has 0 fully saturated rings. The Bertz CT molecular complexity index is 891. The lowest BCUT2D eigenvalue weighted by atomic mass is 10.2. The summed E-state index contributed by atoms with van der Waals surface area (Å²) in [5.74, 6) is 2.38. The van der Waals surface area contributed by atoms with Crippen LogP contribution in [0.2, 0.25) is 0 Å². The molecule has 27 heavy (non-hydrogen) atoms. The van der Waals surface area contributed by atoms with Gasteiger partial charge in [0, 0.05) is 6.54 Å². The molecule has 1 N–H and O–H groups in total. The molecule has 0 aliphatic carbocycles. The van der Waals surface area contributed by atoms with Crippen LogP contribution < -0.4 is 14.8 Å². The van der Waals surface area contributed by atoms with Crippen LogP contribution in [0.15, 0.2) is 48.5 Å². The van der Waals surface area contributed by atoms with Gasteiger partial charge in [-0.25, -0.2) is 4.98 Å². The molecular weight excluding hydrogens is 342 g/mol. The van der Waals surface area contributed by atoms with Crippen molar-refractivity contribution in [2.75, 3.05) is 13.7 Å². The van der Waals surface area contributed by atoms with Crippen molar-refractivity contribution in [3.8, 4) is 11.5 Å². The summed E-state index contributed by atoms with van der Waals surface area (Å²) < 4.78 is 13.3. The van der Waals surface area contributed by atoms with Crippen molar-refractivity contribution in [2.45, 2.75) is 32.4 Å². The molecule has 0 saturated heterocycles. The van der Waals surface area contributed by atoms with Gasteiger partial charge in [0.25, 0.3) is 0 Å². The van der Waals surface area contributed by atoms with Crippen LogP contribution in [0.25, 0.3) is 11.0 Å². The number of para-hydroxylation sites is 4. The highest BCUT2D eigenvalue weighted by Gasteiger charge is 2.15. The molecule has 1 unspecified atom stereocenters. The van der Waals surface area contributed by atoms with E-state index in [9.17, 15) is 4.79 Å². The summed E-state index contributed by atoms with van der Waals surface area (Å²) in [5.41, 5.74) is 2.02. The van der Waals surface area contributed by atoms with E-state index in [0.717, 1.165) is 54.2 Å². The number of nitrogens with zero attached hydrogens (tertiary/aromatic N) is 2. The molecule has 3 rings (SSSR count). The summed E-state index contributed by atoms with van der Waals surface area (Å²) in [6, 6.07) is 15.6. The SMILES string of the molecule is COc1ccccc1OCCCCn1c(C(C)NC=O)nc2ccccc21. The Kier molecular flexibility index (Phi) is 6.30. The fraction of sp³-hybridized carbons (Fsp3) is 0.333. The number of hydrogen-bond acceptors (Lipinski definition) is 4. The summed E-state index contributed by atoms with van der Waals surface area (Å²) in [7, 11) is 1.64. The van der Waals surface area contributed by atoms with Crippen LogP contribution >= 0.6 is 0 Å². The van der Waals surface area contributed by atoms with E-state index < -0.39 is 0 Å². The van der Waals surface area contributed by atoms with Crippen molar-refractivity contribution in [3.63, 3.8) is 0 Å². The van der Waals surface area contributed by atoms with E-state index in [-0.39, 0.29) is 6.04 Å². The highest BCUT2D eigenvalue weighted by Crippen LogP contribution is 2.26. The van der Waals surface area contributed by atoms with Crippen LogP contribution in [0.5, 0.6) is 11.5 Å². The van der Waals surface area contributed by atoms with Gasteiger partial charge in [0.1, 0.15) is 5.82 Å². The largest absolute Gasteiger partial charge is 0.493 e. The Labute approximate surface area is 159 Å². The molecule has 6 nitrogen and oxygen atoms in total. The van der Waals surface area contributed by atoms with Crippen LogP contribution in [0, 0.1) is 0 Å². The Morgan fingerprint density at radius 1 is 1.11 bits per heavy atom. The molecule has 1 atom stereocenters. The number of carbonyl (C=O) groups excluding carboxylic acids is 1. The number of aromatic nitrogens is 2. The standard InChI is InChI=1S/C21H25N3O3/c1-16(22-15-25)21-23-17-9-3-4-10-18(17)24(21)13-7-8-14-27-20-12-6-5-11-19(20)26-2/h3-6,9-12,15-16H,7-8,13-14H2,1-2H3,(H,22,25). The van der Waals surface area contributed by atoms with Crippen LogP contribution in [0.3, 0.4) is 0 Å². The first-order valence-corrected chi connectivity index (χ1v) is 9.15. The minimum atomic E-state index is -0.139. The topological polar surface area (TPSA) is 65.4 Å². The van der Waals surface area contributed by atoms with Crippen molar-refractivity contribution in [1.29, 1.82) is 0 Å². The Morgan fingerprint density at radius 2 is 1.85 bits per heavy atom. The summed E-state index contributed by atoms with van der Waals surface area (Å²) in [4.78, 5) is 15.5. The fourth-order valence-corrected chi connectivity index (χ4v) is 3.13. The first-order chi connectivity index (χ1) is 13.2. The monoisotopic (exact) mass is 367 g/mol. The number of ether oxygens (including phenoxy) is 2. The van der Waals surface area contributed by atoms with Crippen LogP contribution in [0.1, 0.15) is 31.6 Å². The smallest absolute Gasteiger partial charge is 0.207 e. The van der Waals surface area contributed by atoms with Gasteiger partial charge in [0.2, 0.25) is 6.41 Å². The molecule has 1 aromatic heterocycles. The first-order valence-electron chi connectivity index (χ1n) is 9.15. The molecule has 0 saturated carbocycles. The predicted molar refractivity (Wildman–Crippen MR) is 105 cm³/mol. The molecule has 1 amide bonds. The first kappa shape index (κ1) is 18.8. The van der Waals surface area contributed by atoms with E-state index in [4.69, 9.17) is 14.5 Å². The van der Waals surface area contributed by atoms with Gasteiger partial charge < -0.3 is 19.4 Å². The van der Waals surface area contributed by atoms with Crippen molar-refractivity contribution < 1.29 is 14.3 Å². The molecule has 1 heterocycles. The zero-order valence-electron chi connectivity index (χ0n) is 15.7. The maximum atomic E-state index is 10.8. The number of rotatable bonds is 10. The lowest BCUT2D eigenvalue weighted by molar-refractivity contribution is -0.110. The average molecular weight is 367 g/mol. The third-order valence-corrected chi connectivity index (χ3v) is 4.49. The second-order valence-electron chi connectivity index (χ2n) is 6.32. The van der Waals surface area contributed by atoms with E-state index in [2.05, 4.69) is 16.0 Å². The number of benzene rings is 2. The number of aryl methyl sites for hydroxylation is 1. The van der Waals surface area contributed by atoms with E-state index in [1.54, 1.807) is 7.11 Å². The van der Waals surface area contributed by atoms with E-state index in [1.807, 2.05) is 49.4 Å². The highest BCUT2D eigenvalue weighted by atomic mass is 16.5. The molecule has 3 aromatic rings. The minimum Gasteiger partial charge on any atom is -0.493 e. The van der Waals surface area contributed by atoms with Gasteiger partial charge in [-0.05, 0) is 44.0 Å². The molecule has 0 radical (unpaired) electrons. The number of nitrogens with one attached hydrogen (secondary N) is 1. The maximum Gasteiger partial charge on any atom is 0.207 e. The van der Waals surface area contributed by atoms with Gasteiger partial charge in [-0.3, -0.25) is 4.79 Å². The average Bonchev–Trinajstić information content (AvgIpc) is 3.07. The van der Waals surface area contributed by atoms with Gasteiger partial charge in [-0.2, -0.15) is 0 Å². The summed E-state index contributed by atoms with van der Waals surface area (Å²) in [5, 5.41) is 2.80. The van der Waals surface area contributed by atoms with Crippen LogP contribution in [-0.2, 0) is 11.3 Å². The quantitative estimate of drug-likeness (QED) is 0.438. The molecule has 0 aliphatic rings. The second kappa shape index (κ2) is 9.07. The third-order valence-electron chi connectivity index (χ3n) is 4.49. The maximum absolute atomic E-state index is 10.8. The van der Waals surface area contributed by atoms with Gasteiger partial charge >= 0.3 is 0 Å². The summed E-state index contributed by atoms with van der Waals surface area (Å²) in [6.45, 7) is 3.37. The van der Waals surface area contributed by atoms with Gasteiger partial charge in [-0.1, -0.05) is 24.3 Å². The molecule has 2 aromatic carbocycles. The minimum absolute atomic E-state index is 0.139. The predicted octanol–water partition coefficient (Wildman–Crippen LogP) is 3.71. The van der Waals surface area contributed by atoms with Gasteiger partial charge in [0.05, 0.1) is 30.8 Å². The summed E-state index contributed by atoms with van der Waals surface area (Å²) >= 11 is 0. The fourth-order valence-electron chi connectivity index (χ4n) is 3.13. The number of unbranched alkanes of at least 4 members (excludes halogenated alkanes) is 1. The van der Waals surface area contributed by atoms with Crippen molar-refractivity contribution in [1.82, 2.24) is 14.9 Å². The van der Waals surface area contributed by atoms with Crippen molar-refractivity contribution in [3.05, 3.63) is 54.4 Å². The van der Waals surface area contributed by atoms with Crippen molar-refractivity contribution in [2.24, 2.45) is 0 Å². The molecule has 0 spiro atoms. The number of carbonyl (C=O) groups is 1. The van der Waals surface area contributed by atoms with E-state index in [0.29, 0.717) is 6.61 Å². The van der Waals surface area contributed by atoms with E-state index in [1.165, 1.54) is 0 Å². The Hall–Kier alpha value is -3.02. The number of hydrogen-bond donors (Lipinski definition) is 1. The number of methoxy groups -OCH3 is 1. The van der Waals surface area contributed by atoms with Crippen molar-refractivity contribution >= 4 is 17.4 Å². The van der Waals surface area contributed by atoms with Gasteiger partial charge in [-0.15, -0.1) is 0 Å². The lowest BCUT2D eigenvalue weighted by Crippen LogP contribution is -2.20. The van der Waals surface area contributed by atoms with Gasteiger partial charge in [0.15, 0.2) is 11.5 Å². The zero-order valence-corrected chi connectivity index (χ0v) is 15.7. The Balaban J connectivity index is 1.62. The van der Waals surface area contributed by atoms with Crippen LogP contribution in [-0.4, -0.2) is 29.7 Å². The number of imidazole rings is 1. The molecule has 6 heteroatoms. The normalized spacial score (nSPS) is 11.9. The van der Waals surface area contributed by atoms with Crippen LogP contribution in [0.4, 0.5) is 0 Å². The zero-order chi connectivity index (χ0) is 19.1. The second-order valence-corrected chi connectivity index (χ2v) is 6.32. The lowest BCUT2D eigenvalue weighted by Gasteiger charge is -2.14. The molecule has 142 valence electrons. The number of fused-ring (bicyclic) bond motifs is 1.